The van der Waals surface area contributed by atoms with Gasteiger partial charge in [-0.25, -0.2) is 0 Å². The number of fused-ring (bicyclic) bond motifs is 1. The summed E-state index contributed by atoms with van der Waals surface area (Å²) in [6.45, 7) is 10.5. The predicted molar refractivity (Wildman–Crippen MR) is 84.4 cm³/mol. The van der Waals surface area contributed by atoms with Crippen LogP contribution >= 0.6 is 0 Å². The lowest BCUT2D eigenvalue weighted by molar-refractivity contribution is 0.00578. The largest absolute Gasteiger partial charge is 0.495 e. The van der Waals surface area contributed by atoms with Crippen LogP contribution in [0.5, 0.6) is 0 Å². The maximum absolute atomic E-state index is 6.18. The summed E-state index contributed by atoms with van der Waals surface area (Å²) in [5.74, 6) is 0. The van der Waals surface area contributed by atoms with Crippen molar-refractivity contribution >= 4 is 23.4 Å². The van der Waals surface area contributed by atoms with Gasteiger partial charge in [0.1, 0.15) is 0 Å². The molecule has 0 amide bonds. The molecular formula is C17H21BO2. The molecule has 0 radical (unpaired) electrons. The number of aryl methyl sites for hydroxylation is 1. The van der Waals surface area contributed by atoms with Crippen LogP contribution in [0.1, 0.15) is 33.3 Å². The van der Waals surface area contributed by atoms with Crippen LogP contribution in [0, 0.1) is 6.92 Å². The number of rotatable bonds is 1. The third-order valence-electron chi connectivity index (χ3n) is 4.68. The highest BCUT2D eigenvalue weighted by Crippen LogP contribution is 2.37. The Labute approximate surface area is 121 Å². The van der Waals surface area contributed by atoms with Gasteiger partial charge in [-0.15, -0.1) is 0 Å². The fourth-order valence-corrected chi connectivity index (χ4v) is 2.67. The molecule has 104 valence electrons. The van der Waals surface area contributed by atoms with Gasteiger partial charge in [0.15, 0.2) is 0 Å². The minimum atomic E-state index is -0.302. The summed E-state index contributed by atoms with van der Waals surface area (Å²) < 4.78 is 12.4. The van der Waals surface area contributed by atoms with Gasteiger partial charge >= 0.3 is 7.12 Å². The van der Waals surface area contributed by atoms with E-state index in [2.05, 4.69) is 71.0 Å². The average Bonchev–Trinajstić information content (AvgIpc) is 2.58. The molecule has 0 spiro atoms. The summed E-state index contributed by atoms with van der Waals surface area (Å²) in [6, 6.07) is 12.7. The van der Waals surface area contributed by atoms with E-state index in [0.717, 1.165) is 5.46 Å². The Morgan fingerprint density at radius 1 is 0.800 bits per heavy atom. The first-order chi connectivity index (χ1) is 9.32. The molecule has 2 aromatic rings. The topological polar surface area (TPSA) is 18.5 Å². The molecule has 1 aliphatic heterocycles. The van der Waals surface area contributed by atoms with Crippen molar-refractivity contribution in [2.75, 3.05) is 0 Å². The summed E-state index contributed by atoms with van der Waals surface area (Å²) in [6.07, 6.45) is 0. The lowest BCUT2D eigenvalue weighted by Crippen LogP contribution is -2.41. The van der Waals surface area contributed by atoms with E-state index in [0.29, 0.717) is 0 Å². The Hall–Kier alpha value is -1.32. The van der Waals surface area contributed by atoms with Gasteiger partial charge in [0.2, 0.25) is 0 Å². The van der Waals surface area contributed by atoms with Crippen LogP contribution in [0.15, 0.2) is 36.4 Å². The van der Waals surface area contributed by atoms with E-state index >= 15 is 0 Å². The Morgan fingerprint density at radius 2 is 1.35 bits per heavy atom. The minimum Gasteiger partial charge on any atom is -0.399 e. The monoisotopic (exact) mass is 268 g/mol. The molecule has 2 nitrogen and oxygen atoms in total. The van der Waals surface area contributed by atoms with Gasteiger partial charge < -0.3 is 9.31 Å². The summed E-state index contributed by atoms with van der Waals surface area (Å²) in [5.41, 5.74) is 1.79. The molecule has 1 aliphatic rings. The van der Waals surface area contributed by atoms with Gasteiger partial charge in [-0.05, 0) is 56.4 Å². The van der Waals surface area contributed by atoms with Crippen LogP contribution in [0.3, 0.4) is 0 Å². The van der Waals surface area contributed by atoms with E-state index in [1.54, 1.807) is 0 Å². The van der Waals surface area contributed by atoms with E-state index < -0.39 is 0 Å². The van der Waals surface area contributed by atoms with Crippen LogP contribution in [-0.2, 0) is 9.31 Å². The fourth-order valence-electron chi connectivity index (χ4n) is 2.67. The third-order valence-corrected chi connectivity index (χ3v) is 4.68. The lowest BCUT2D eigenvalue weighted by atomic mass is 9.76. The molecule has 3 rings (SSSR count). The quantitative estimate of drug-likeness (QED) is 0.737. The second-order valence-electron chi connectivity index (χ2n) is 6.61. The Morgan fingerprint density at radius 3 is 2.00 bits per heavy atom. The first-order valence-corrected chi connectivity index (χ1v) is 7.16. The number of benzene rings is 2. The molecule has 1 saturated heterocycles. The van der Waals surface area contributed by atoms with Gasteiger partial charge in [0, 0.05) is 0 Å². The molecule has 2 aromatic carbocycles. The second-order valence-corrected chi connectivity index (χ2v) is 6.61. The Bertz CT molecular complexity index is 645. The van der Waals surface area contributed by atoms with Crippen molar-refractivity contribution in [3.8, 4) is 0 Å². The molecule has 0 N–H and O–H groups in total. The zero-order chi connectivity index (χ0) is 14.5. The van der Waals surface area contributed by atoms with Crippen LogP contribution in [0.25, 0.3) is 10.8 Å². The van der Waals surface area contributed by atoms with Crippen LogP contribution in [-0.4, -0.2) is 18.3 Å². The molecular weight excluding hydrogens is 247 g/mol. The van der Waals surface area contributed by atoms with Crippen molar-refractivity contribution in [3.05, 3.63) is 42.0 Å². The normalized spacial score (nSPS) is 20.6. The smallest absolute Gasteiger partial charge is 0.399 e. The number of hydrogen-bond donors (Lipinski definition) is 0. The minimum absolute atomic E-state index is 0.300. The molecule has 0 aliphatic carbocycles. The van der Waals surface area contributed by atoms with Crippen molar-refractivity contribution in [2.24, 2.45) is 0 Å². The van der Waals surface area contributed by atoms with E-state index in [4.69, 9.17) is 9.31 Å². The molecule has 0 atom stereocenters. The Kier molecular flexibility index (Phi) is 2.96. The standard InChI is InChI=1S/C17H21BO2/c1-12-8-6-10-14-13(12)9-7-11-15(14)18-19-16(2,3)17(4,5)20-18/h6-11H,1-5H3. The average molecular weight is 268 g/mol. The molecule has 0 saturated carbocycles. The van der Waals surface area contributed by atoms with Crippen LogP contribution < -0.4 is 5.46 Å². The predicted octanol–water partition coefficient (Wildman–Crippen LogP) is 3.45. The highest BCUT2D eigenvalue weighted by atomic mass is 16.7. The van der Waals surface area contributed by atoms with E-state index in [1.807, 2.05) is 0 Å². The summed E-state index contributed by atoms with van der Waals surface area (Å²) in [5, 5.41) is 2.48. The highest BCUT2D eigenvalue weighted by molar-refractivity contribution is 6.65. The molecule has 20 heavy (non-hydrogen) atoms. The first-order valence-electron chi connectivity index (χ1n) is 7.16. The van der Waals surface area contributed by atoms with E-state index in [9.17, 15) is 0 Å². The van der Waals surface area contributed by atoms with Gasteiger partial charge in [-0.1, -0.05) is 36.4 Å². The van der Waals surface area contributed by atoms with Gasteiger partial charge in [0.25, 0.3) is 0 Å². The van der Waals surface area contributed by atoms with Gasteiger partial charge in [-0.2, -0.15) is 0 Å². The highest BCUT2D eigenvalue weighted by Gasteiger charge is 2.52. The number of hydrogen-bond acceptors (Lipinski definition) is 2. The summed E-state index contributed by atoms with van der Waals surface area (Å²) in [4.78, 5) is 0. The maximum atomic E-state index is 6.18. The zero-order valence-corrected chi connectivity index (χ0v) is 12.9. The molecule has 1 fully saturated rings. The van der Waals surface area contributed by atoms with Crippen LogP contribution in [0.4, 0.5) is 0 Å². The molecule has 1 heterocycles. The molecule has 0 aromatic heterocycles. The Balaban J connectivity index is 2.11. The SMILES string of the molecule is Cc1cccc2c(B3OC(C)(C)C(C)(C)O3)cccc12. The van der Waals surface area contributed by atoms with Gasteiger partial charge in [0.05, 0.1) is 11.2 Å². The van der Waals surface area contributed by atoms with Crippen molar-refractivity contribution in [2.45, 2.75) is 45.8 Å². The van der Waals surface area contributed by atoms with Crippen LogP contribution in [0.2, 0.25) is 0 Å². The van der Waals surface area contributed by atoms with Crippen molar-refractivity contribution in [1.82, 2.24) is 0 Å². The van der Waals surface area contributed by atoms with Crippen molar-refractivity contribution in [3.63, 3.8) is 0 Å². The summed E-state index contributed by atoms with van der Waals surface area (Å²) in [7, 11) is -0.300. The van der Waals surface area contributed by atoms with E-state index in [-0.39, 0.29) is 18.3 Å². The maximum Gasteiger partial charge on any atom is 0.495 e. The zero-order valence-electron chi connectivity index (χ0n) is 12.9. The molecule has 0 unspecified atom stereocenters. The summed E-state index contributed by atoms with van der Waals surface area (Å²) >= 11 is 0. The van der Waals surface area contributed by atoms with Gasteiger partial charge in [-0.3, -0.25) is 0 Å². The lowest BCUT2D eigenvalue weighted by Gasteiger charge is -2.32. The van der Waals surface area contributed by atoms with Crippen molar-refractivity contribution < 1.29 is 9.31 Å². The second kappa shape index (κ2) is 4.34. The van der Waals surface area contributed by atoms with Crippen molar-refractivity contribution in [1.29, 1.82) is 0 Å². The molecule has 0 bridgehead atoms. The fraction of sp³-hybridized carbons (Fsp3) is 0.412. The third kappa shape index (κ3) is 1.97. The molecule has 3 heteroatoms. The van der Waals surface area contributed by atoms with E-state index in [1.165, 1.54) is 16.3 Å². The first kappa shape index (κ1) is 13.7.